The number of piperidine rings is 2. The molecule has 4 aliphatic rings. The van der Waals surface area contributed by atoms with E-state index < -0.39 is 0 Å². The van der Waals surface area contributed by atoms with E-state index in [2.05, 4.69) is 54.1 Å². The van der Waals surface area contributed by atoms with E-state index in [0.717, 1.165) is 107 Å². The fraction of sp³-hybridized carbons (Fsp3) is 0.600. The van der Waals surface area contributed by atoms with Gasteiger partial charge in [-0.25, -0.2) is 0 Å². The molecule has 0 saturated carbocycles. The molecule has 3 aliphatic heterocycles. The number of carbonyl (C=O) groups is 1. The molecule has 6 nitrogen and oxygen atoms in total. The number of amides is 1. The van der Waals surface area contributed by atoms with Crippen LogP contribution in [-0.4, -0.2) is 84.0 Å². The van der Waals surface area contributed by atoms with Crippen molar-refractivity contribution in [3.05, 3.63) is 62.3 Å². The summed E-state index contributed by atoms with van der Waals surface area (Å²) in [5.41, 5.74) is 5.25. The Hall–Kier alpha value is -1.51. The van der Waals surface area contributed by atoms with Gasteiger partial charge in [0.25, 0.3) is 0 Å². The number of aromatic nitrogens is 1. The van der Waals surface area contributed by atoms with Crippen LogP contribution in [-0.2, 0) is 17.6 Å². The molecule has 0 bridgehead atoms. The number of nitrogens with zero attached hydrogens (tertiary/aromatic N) is 4. The summed E-state index contributed by atoms with van der Waals surface area (Å²) in [6.45, 7) is 8.01. The Labute approximate surface area is 240 Å². The van der Waals surface area contributed by atoms with Crippen molar-refractivity contribution in [3.8, 4) is 0 Å². The van der Waals surface area contributed by atoms with Crippen LogP contribution >= 0.6 is 27.5 Å². The van der Waals surface area contributed by atoms with E-state index in [1.165, 1.54) is 22.4 Å². The molecule has 8 heteroatoms. The highest BCUT2D eigenvalue weighted by Crippen LogP contribution is 2.39. The van der Waals surface area contributed by atoms with E-state index in [4.69, 9.17) is 16.6 Å². The van der Waals surface area contributed by atoms with E-state index in [9.17, 15) is 4.79 Å². The van der Waals surface area contributed by atoms with Crippen LogP contribution < -0.4 is 5.32 Å². The summed E-state index contributed by atoms with van der Waals surface area (Å²) in [6, 6.07) is 9.45. The molecule has 1 aromatic carbocycles. The topological polar surface area (TPSA) is 51.7 Å². The molecule has 1 aromatic heterocycles. The van der Waals surface area contributed by atoms with Gasteiger partial charge in [-0.15, -0.1) is 0 Å². The van der Waals surface area contributed by atoms with Crippen LogP contribution in [0.3, 0.4) is 0 Å². The van der Waals surface area contributed by atoms with E-state index in [-0.39, 0.29) is 6.04 Å². The number of benzene rings is 1. The Morgan fingerprint density at radius 3 is 2.45 bits per heavy atom. The molecule has 4 heterocycles. The lowest BCUT2D eigenvalue weighted by Gasteiger charge is -2.44. The van der Waals surface area contributed by atoms with Crippen LogP contribution in [0.1, 0.15) is 60.5 Å². The number of rotatable bonds is 4. The average molecular weight is 601 g/mol. The molecular weight excluding hydrogens is 562 g/mol. The largest absolute Gasteiger partial charge is 0.340 e. The maximum atomic E-state index is 12.9. The standard InChI is InChI=1S/C30H39BrClN5O/c31-24-18-23-2-1-22-19-25(32)3-4-27(22)30(29(23)34-20-24)37-11-7-26(8-12-37)35-13-15-36(16-14-35)28(38)17-21-5-9-33-10-6-21/h3-4,18-21,26,30,33H,1-2,5-17H2. The highest BCUT2D eigenvalue weighted by molar-refractivity contribution is 9.10. The zero-order valence-electron chi connectivity index (χ0n) is 22.2. The molecule has 204 valence electrons. The number of carbonyl (C=O) groups excluding carboxylic acids is 1. The van der Waals surface area contributed by atoms with Gasteiger partial charge in [0.2, 0.25) is 5.91 Å². The third-order valence-corrected chi connectivity index (χ3v) is 9.93. The van der Waals surface area contributed by atoms with Crippen LogP contribution in [0.2, 0.25) is 5.02 Å². The van der Waals surface area contributed by atoms with Crippen LogP contribution in [0, 0.1) is 5.92 Å². The van der Waals surface area contributed by atoms with Crippen molar-refractivity contribution in [3.63, 3.8) is 0 Å². The third-order valence-electron chi connectivity index (χ3n) is 9.26. The summed E-state index contributed by atoms with van der Waals surface area (Å²) in [6.07, 6.45) is 9.27. The zero-order chi connectivity index (χ0) is 26.1. The molecule has 6 rings (SSSR count). The SMILES string of the molecule is O=C(CC1CCNCC1)N1CCN(C2CCN(C3c4ccc(Cl)cc4CCc4cc(Br)cnc43)CC2)CC1. The summed E-state index contributed by atoms with van der Waals surface area (Å²) in [5.74, 6) is 0.938. The number of likely N-dealkylation sites (tertiary alicyclic amines) is 1. The first-order valence-corrected chi connectivity index (χ1v) is 15.6. The third kappa shape index (κ3) is 5.83. The number of hydrogen-bond donors (Lipinski definition) is 1. The van der Waals surface area contributed by atoms with Crippen molar-refractivity contribution in [2.24, 2.45) is 5.92 Å². The fourth-order valence-corrected chi connectivity index (χ4v) is 7.66. The van der Waals surface area contributed by atoms with Gasteiger partial charge < -0.3 is 10.2 Å². The van der Waals surface area contributed by atoms with Crippen molar-refractivity contribution < 1.29 is 4.79 Å². The molecule has 38 heavy (non-hydrogen) atoms. The van der Waals surface area contributed by atoms with Gasteiger partial charge in [0.1, 0.15) is 0 Å². The quantitative estimate of drug-likeness (QED) is 0.552. The van der Waals surface area contributed by atoms with Gasteiger partial charge in [0.15, 0.2) is 0 Å². The summed E-state index contributed by atoms with van der Waals surface area (Å²) in [7, 11) is 0. The van der Waals surface area contributed by atoms with Crippen LogP contribution in [0.25, 0.3) is 0 Å². The minimum atomic E-state index is 0.179. The summed E-state index contributed by atoms with van der Waals surface area (Å²) >= 11 is 10.1. The van der Waals surface area contributed by atoms with Gasteiger partial charge in [-0.1, -0.05) is 17.7 Å². The van der Waals surface area contributed by atoms with E-state index in [0.29, 0.717) is 17.9 Å². The van der Waals surface area contributed by atoms with Crippen molar-refractivity contribution in [1.29, 1.82) is 0 Å². The molecule has 1 atom stereocenters. The Morgan fingerprint density at radius 2 is 1.68 bits per heavy atom. The Balaban J connectivity index is 1.09. The van der Waals surface area contributed by atoms with Gasteiger partial charge >= 0.3 is 0 Å². The van der Waals surface area contributed by atoms with Crippen LogP contribution in [0.4, 0.5) is 0 Å². The monoisotopic (exact) mass is 599 g/mol. The number of nitrogens with one attached hydrogen (secondary N) is 1. The van der Waals surface area contributed by atoms with Crippen molar-refractivity contribution in [1.82, 2.24) is 25.0 Å². The maximum absolute atomic E-state index is 12.9. The minimum absolute atomic E-state index is 0.179. The average Bonchev–Trinajstić information content (AvgIpc) is 3.10. The molecule has 1 aliphatic carbocycles. The molecule has 1 N–H and O–H groups in total. The lowest BCUT2D eigenvalue weighted by molar-refractivity contribution is -0.134. The Bertz CT molecular complexity index is 1090. The second-order valence-electron chi connectivity index (χ2n) is 11.5. The van der Waals surface area contributed by atoms with E-state index >= 15 is 0 Å². The van der Waals surface area contributed by atoms with Gasteiger partial charge in [-0.2, -0.15) is 0 Å². The molecule has 1 unspecified atom stereocenters. The first-order valence-electron chi connectivity index (χ1n) is 14.4. The molecule has 1 amide bonds. The molecule has 3 saturated heterocycles. The Kier molecular flexibility index (Phi) is 8.38. The predicted molar refractivity (Wildman–Crippen MR) is 156 cm³/mol. The first kappa shape index (κ1) is 26.7. The number of fused-ring (bicyclic) bond motifs is 2. The molecule has 0 spiro atoms. The fourth-order valence-electron chi connectivity index (χ4n) is 7.09. The number of hydrogen-bond acceptors (Lipinski definition) is 5. The van der Waals surface area contributed by atoms with Crippen molar-refractivity contribution >= 4 is 33.4 Å². The lowest BCUT2D eigenvalue weighted by Crippen LogP contribution is -2.54. The zero-order valence-corrected chi connectivity index (χ0v) is 24.5. The summed E-state index contributed by atoms with van der Waals surface area (Å²) in [5, 5.41) is 4.22. The van der Waals surface area contributed by atoms with Gasteiger partial charge in [0.05, 0.1) is 11.7 Å². The second-order valence-corrected chi connectivity index (χ2v) is 12.9. The highest BCUT2D eigenvalue weighted by Gasteiger charge is 2.35. The van der Waals surface area contributed by atoms with Crippen molar-refractivity contribution in [2.75, 3.05) is 52.4 Å². The van der Waals surface area contributed by atoms with Gasteiger partial charge in [-0.05, 0) is 108 Å². The molecule has 2 aromatic rings. The lowest BCUT2D eigenvalue weighted by atomic mass is 9.93. The van der Waals surface area contributed by atoms with Crippen molar-refractivity contribution in [2.45, 2.75) is 57.0 Å². The maximum Gasteiger partial charge on any atom is 0.222 e. The molecule has 3 fully saturated rings. The smallest absolute Gasteiger partial charge is 0.222 e. The predicted octanol–water partition coefficient (Wildman–Crippen LogP) is 4.68. The minimum Gasteiger partial charge on any atom is -0.340 e. The van der Waals surface area contributed by atoms with Crippen LogP contribution in [0.15, 0.2) is 34.9 Å². The van der Waals surface area contributed by atoms with E-state index in [1.54, 1.807) is 0 Å². The first-order chi connectivity index (χ1) is 18.5. The summed E-state index contributed by atoms with van der Waals surface area (Å²) in [4.78, 5) is 25.3. The summed E-state index contributed by atoms with van der Waals surface area (Å²) < 4.78 is 1.05. The molecule has 0 radical (unpaired) electrons. The normalized spacial score (nSPS) is 24.1. The number of halogens is 2. The second kappa shape index (κ2) is 11.9. The highest BCUT2D eigenvalue weighted by atomic mass is 79.9. The van der Waals surface area contributed by atoms with Gasteiger partial charge in [0, 0.05) is 67.4 Å². The number of aryl methyl sites for hydroxylation is 2. The van der Waals surface area contributed by atoms with Gasteiger partial charge in [-0.3, -0.25) is 19.6 Å². The Morgan fingerprint density at radius 1 is 0.947 bits per heavy atom. The van der Waals surface area contributed by atoms with Crippen LogP contribution in [0.5, 0.6) is 0 Å². The molecular formula is C30H39BrClN5O. The number of piperazine rings is 1. The van der Waals surface area contributed by atoms with E-state index in [1.807, 2.05) is 12.3 Å². The number of pyridine rings is 1.